The van der Waals surface area contributed by atoms with Crippen LogP contribution in [-0.4, -0.2) is 32.9 Å². The lowest BCUT2D eigenvalue weighted by Gasteiger charge is -2.33. The second-order valence-corrected chi connectivity index (χ2v) is 9.04. The topological polar surface area (TPSA) is 76.2 Å². The fourth-order valence-corrected chi connectivity index (χ4v) is 4.59. The number of halogens is 3. The van der Waals surface area contributed by atoms with Crippen molar-refractivity contribution in [1.29, 1.82) is 0 Å². The third-order valence-electron chi connectivity index (χ3n) is 6.71. The molecular weight excluding hydrogens is 475 g/mol. The summed E-state index contributed by atoms with van der Waals surface area (Å²) in [5, 5.41) is 3.14. The number of hydrogen-bond donors (Lipinski definition) is 2. The first-order chi connectivity index (χ1) is 16.4. The van der Waals surface area contributed by atoms with Crippen molar-refractivity contribution in [2.75, 3.05) is 11.9 Å². The van der Waals surface area contributed by atoms with E-state index in [0.29, 0.717) is 54.0 Å². The van der Waals surface area contributed by atoms with Crippen molar-refractivity contribution in [3.8, 4) is 11.3 Å². The van der Waals surface area contributed by atoms with Crippen LogP contribution in [0.4, 0.5) is 24.7 Å². The molecule has 1 saturated carbocycles. The van der Waals surface area contributed by atoms with E-state index in [9.17, 15) is 18.0 Å². The average molecular weight is 504 g/mol. The van der Waals surface area contributed by atoms with Crippen LogP contribution in [0.5, 0.6) is 0 Å². The Labute approximate surface area is 208 Å². The summed E-state index contributed by atoms with van der Waals surface area (Å²) in [4.78, 5) is 19.4. The first-order valence-corrected chi connectivity index (χ1v) is 11.5. The summed E-state index contributed by atoms with van der Waals surface area (Å²) >= 11 is 0. The molecule has 186 valence electrons. The Hall–Kier alpha value is -2.98. The molecule has 2 heterocycles. The van der Waals surface area contributed by atoms with E-state index in [1.54, 1.807) is 17.0 Å². The van der Waals surface area contributed by atoms with Gasteiger partial charge in [0.2, 0.25) is 5.91 Å². The highest BCUT2D eigenvalue weighted by Gasteiger charge is 2.31. The van der Waals surface area contributed by atoms with Gasteiger partial charge in [-0.05, 0) is 48.7 Å². The summed E-state index contributed by atoms with van der Waals surface area (Å²) in [6, 6.07) is 8.92. The van der Waals surface area contributed by atoms with Crippen LogP contribution >= 0.6 is 13.5 Å². The Kier molecular flexibility index (Phi) is 7.42. The number of rotatable bonds is 6. The fraction of sp³-hybridized carbons (Fsp3) is 0.360. The minimum Gasteiger partial charge on any atom is -0.340 e. The molecule has 3 N–H and O–H groups in total. The van der Waals surface area contributed by atoms with Gasteiger partial charge in [-0.3, -0.25) is 4.79 Å². The molecule has 35 heavy (non-hydrogen) atoms. The van der Waals surface area contributed by atoms with Gasteiger partial charge in [-0.15, -0.1) is 0 Å². The zero-order valence-electron chi connectivity index (χ0n) is 19.1. The molecular formula is C25H28F3N5OS. The maximum Gasteiger partial charge on any atom is 0.239 e. The molecule has 1 aliphatic heterocycles. The van der Waals surface area contributed by atoms with Gasteiger partial charge < -0.3 is 20.5 Å². The lowest BCUT2D eigenvalue weighted by Crippen LogP contribution is -2.48. The highest BCUT2D eigenvalue weighted by atomic mass is 32.1. The van der Waals surface area contributed by atoms with E-state index < -0.39 is 17.7 Å². The van der Waals surface area contributed by atoms with Crippen molar-refractivity contribution >= 4 is 30.9 Å². The second kappa shape index (κ2) is 10.3. The summed E-state index contributed by atoms with van der Waals surface area (Å²) in [5.41, 5.74) is 7.76. The minimum atomic E-state index is -0.969. The molecule has 1 atom stereocenters. The number of nitrogens with two attached hydrogens (primary N) is 1. The number of amides is 1. The number of aromatic nitrogens is 2. The van der Waals surface area contributed by atoms with Crippen LogP contribution in [0.2, 0.25) is 0 Å². The number of benzene rings is 2. The van der Waals surface area contributed by atoms with Crippen LogP contribution in [0.3, 0.4) is 0 Å². The SMILES string of the molecule is N[C@@H](CC1CCC1)C(=O)N1CCn2c(nc(-c3ccc(F)cc3)c2Nc2ccc(F)c(F)c2)C1.S. The van der Waals surface area contributed by atoms with E-state index in [0.717, 1.165) is 25.0 Å². The number of hydrogen-bond acceptors (Lipinski definition) is 4. The van der Waals surface area contributed by atoms with Gasteiger partial charge in [0.25, 0.3) is 0 Å². The largest absolute Gasteiger partial charge is 0.340 e. The Morgan fingerprint density at radius 2 is 1.83 bits per heavy atom. The highest BCUT2D eigenvalue weighted by molar-refractivity contribution is 7.59. The van der Waals surface area contributed by atoms with Gasteiger partial charge in [0.05, 0.1) is 12.6 Å². The zero-order valence-corrected chi connectivity index (χ0v) is 20.1. The number of imidazole rings is 1. The zero-order chi connectivity index (χ0) is 23.8. The van der Waals surface area contributed by atoms with E-state index in [1.165, 1.54) is 24.6 Å². The number of fused-ring (bicyclic) bond motifs is 1. The molecule has 1 aromatic heterocycles. The quantitative estimate of drug-likeness (QED) is 0.512. The van der Waals surface area contributed by atoms with Crippen LogP contribution in [0, 0.1) is 23.4 Å². The number of anilines is 2. The van der Waals surface area contributed by atoms with Gasteiger partial charge in [-0.2, -0.15) is 13.5 Å². The van der Waals surface area contributed by atoms with E-state index in [1.807, 2.05) is 4.57 Å². The van der Waals surface area contributed by atoms with Gasteiger partial charge in [0.15, 0.2) is 11.6 Å². The predicted molar refractivity (Wildman–Crippen MR) is 133 cm³/mol. The van der Waals surface area contributed by atoms with Crippen LogP contribution in [0.1, 0.15) is 31.5 Å². The van der Waals surface area contributed by atoms with Gasteiger partial charge in [-0.25, -0.2) is 18.2 Å². The average Bonchev–Trinajstić information content (AvgIpc) is 3.16. The summed E-state index contributed by atoms with van der Waals surface area (Å²) in [7, 11) is 0. The number of nitrogens with one attached hydrogen (secondary N) is 1. The molecule has 0 unspecified atom stereocenters. The molecule has 5 rings (SSSR count). The molecule has 3 aromatic rings. The molecule has 10 heteroatoms. The number of nitrogens with zero attached hydrogens (tertiary/aromatic N) is 3. The molecule has 0 saturated heterocycles. The molecule has 6 nitrogen and oxygen atoms in total. The van der Waals surface area contributed by atoms with Crippen molar-refractivity contribution < 1.29 is 18.0 Å². The summed E-state index contributed by atoms with van der Waals surface area (Å²) in [5.74, 6) is -0.628. The van der Waals surface area contributed by atoms with Crippen molar-refractivity contribution in [2.45, 2.75) is 44.8 Å². The summed E-state index contributed by atoms with van der Waals surface area (Å²) in [6.07, 6.45) is 4.16. The Bertz CT molecular complexity index is 1210. The maximum absolute atomic E-state index is 13.8. The van der Waals surface area contributed by atoms with Crippen LogP contribution in [0.25, 0.3) is 11.3 Å². The van der Waals surface area contributed by atoms with Crippen LogP contribution in [-0.2, 0) is 17.9 Å². The van der Waals surface area contributed by atoms with E-state index in [-0.39, 0.29) is 31.8 Å². The Morgan fingerprint density at radius 3 is 2.49 bits per heavy atom. The molecule has 0 spiro atoms. The van der Waals surface area contributed by atoms with Gasteiger partial charge in [-0.1, -0.05) is 19.3 Å². The highest BCUT2D eigenvalue weighted by Crippen LogP contribution is 2.34. The Morgan fingerprint density at radius 1 is 1.09 bits per heavy atom. The number of carbonyl (C=O) groups is 1. The molecule has 2 aromatic carbocycles. The maximum atomic E-state index is 13.8. The van der Waals surface area contributed by atoms with Crippen molar-refractivity contribution in [3.05, 3.63) is 65.7 Å². The fourth-order valence-electron chi connectivity index (χ4n) is 4.59. The smallest absolute Gasteiger partial charge is 0.239 e. The van der Waals surface area contributed by atoms with Crippen LogP contribution < -0.4 is 11.1 Å². The van der Waals surface area contributed by atoms with Gasteiger partial charge in [0.1, 0.15) is 23.2 Å². The van der Waals surface area contributed by atoms with Crippen molar-refractivity contribution in [1.82, 2.24) is 14.5 Å². The standard InChI is InChI=1S/C25H26F3N5O.H2S/c26-17-6-4-16(5-7-17)23-24(30-18-8-9-19(27)20(28)13-18)33-11-10-32(14-22(33)31-23)25(34)21(29)12-15-2-1-3-15;/h4-9,13,15,21,30H,1-3,10-12,14,29H2;1H2/t21-;/m0./s1. The summed E-state index contributed by atoms with van der Waals surface area (Å²) < 4.78 is 42.7. The van der Waals surface area contributed by atoms with Gasteiger partial charge >= 0.3 is 0 Å². The van der Waals surface area contributed by atoms with E-state index >= 15 is 0 Å². The van der Waals surface area contributed by atoms with Gasteiger partial charge in [0, 0.05) is 30.4 Å². The van der Waals surface area contributed by atoms with Crippen LogP contribution in [0.15, 0.2) is 42.5 Å². The predicted octanol–water partition coefficient (Wildman–Crippen LogP) is 4.68. The second-order valence-electron chi connectivity index (χ2n) is 9.04. The molecule has 0 bridgehead atoms. The third kappa shape index (κ3) is 5.18. The molecule has 1 aliphatic carbocycles. The summed E-state index contributed by atoms with van der Waals surface area (Å²) in [6.45, 7) is 1.19. The molecule has 2 aliphatic rings. The lowest BCUT2D eigenvalue weighted by molar-refractivity contribution is -0.134. The number of carbonyl (C=O) groups excluding carboxylic acids is 1. The Balaban J connectivity index is 0.00000289. The monoisotopic (exact) mass is 503 g/mol. The molecule has 1 fully saturated rings. The molecule has 1 amide bonds. The van der Waals surface area contributed by atoms with Crippen molar-refractivity contribution in [2.24, 2.45) is 11.7 Å². The van der Waals surface area contributed by atoms with Crippen molar-refractivity contribution in [3.63, 3.8) is 0 Å². The lowest BCUT2D eigenvalue weighted by atomic mass is 9.81. The third-order valence-corrected chi connectivity index (χ3v) is 6.71. The van der Waals surface area contributed by atoms with E-state index in [2.05, 4.69) is 5.32 Å². The minimum absolute atomic E-state index is 0. The first kappa shape index (κ1) is 25.1. The first-order valence-electron chi connectivity index (χ1n) is 11.5. The van der Waals surface area contributed by atoms with E-state index in [4.69, 9.17) is 10.7 Å². The normalized spacial score (nSPS) is 16.2. The molecule has 0 radical (unpaired) electrons.